The summed E-state index contributed by atoms with van der Waals surface area (Å²) < 4.78 is 10.8. The number of fused-ring (bicyclic) bond motifs is 2. The molecule has 4 atom stereocenters. The number of anilines is 4. The number of nitrogens with zero attached hydrogens (tertiary/aromatic N) is 8. The predicted molar refractivity (Wildman–Crippen MR) is 146 cm³/mol. The van der Waals surface area contributed by atoms with Gasteiger partial charge in [0.1, 0.15) is 11.6 Å². The quantitative estimate of drug-likeness (QED) is 0.316. The fraction of sp³-hybridized carbons (Fsp3) is 0.760. The Labute approximate surface area is 228 Å². The molecule has 0 radical (unpaired) electrons. The maximum Gasteiger partial charge on any atom is 0.227 e. The first kappa shape index (κ1) is 26.3. The molecule has 4 fully saturated rings. The molecule has 4 aliphatic rings. The zero-order valence-corrected chi connectivity index (χ0v) is 22.5. The maximum atomic E-state index is 6.09. The van der Waals surface area contributed by atoms with Gasteiger partial charge < -0.3 is 31.6 Å². The average molecular weight is 541 g/mol. The van der Waals surface area contributed by atoms with Gasteiger partial charge in [-0.3, -0.25) is 9.80 Å². The van der Waals surface area contributed by atoms with E-state index in [4.69, 9.17) is 30.9 Å². The highest BCUT2D eigenvalue weighted by Gasteiger charge is 2.49. The van der Waals surface area contributed by atoms with Gasteiger partial charge in [-0.05, 0) is 31.1 Å². The van der Waals surface area contributed by atoms with Gasteiger partial charge in [-0.1, -0.05) is 0 Å². The van der Waals surface area contributed by atoms with E-state index in [1.807, 2.05) is 0 Å². The van der Waals surface area contributed by atoms with Crippen LogP contribution < -0.4 is 22.1 Å². The van der Waals surface area contributed by atoms with Crippen molar-refractivity contribution in [1.82, 2.24) is 39.7 Å². The number of nitrogens with one attached hydrogen (secondary N) is 2. The first-order chi connectivity index (χ1) is 19.1. The Morgan fingerprint density at radius 1 is 0.615 bits per heavy atom. The van der Waals surface area contributed by atoms with Crippen LogP contribution in [0.4, 0.5) is 23.8 Å². The second-order valence-corrected chi connectivity index (χ2v) is 11.0. The lowest BCUT2D eigenvalue weighted by Gasteiger charge is -2.27. The van der Waals surface area contributed by atoms with Gasteiger partial charge >= 0.3 is 0 Å². The van der Waals surface area contributed by atoms with E-state index >= 15 is 0 Å². The Kier molecular flexibility index (Phi) is 8.13. The van der Waals surface area contributed by atoms with Crippen LogP contribution in [-0.2, 0) is 9.47 Å². The maximum absolute atomic E-state index is 6.09. The van der Waals surface area contributed by atoms with E-state index in [0.29, 0.717) is 23.7 Å². The van der Waals surface area contributed by atoms with Crippen molar-refractivity contribution >= 4 is 23.8 Å². The number of nitrogens with two attached hydrogens (primary N) is 2. The van der Waals surface area contributed by atoms with Crippen LogP contribution in [0.25, 0.3) is 0 Å². The molecule has 4 unspecified atom stereocenters. The summed E-state index contributed by atoms with van der Waals surface area (Å²) in [5.74, 6) is 4.69. The van der Waals surface area contributed by atoms with Crippen LogP contribution in [0.2, 0.25) is 0 Å². The van der Waals surface area contributed by atoms with Gasteiger partial charge in [-0.25, -0.2) is 0 Å². The molecule has 2 aliphatic carbocycles. The molecule has 2 saturated carbocycles. The summed E-state index contributed by atoms with van der Waals surface area (Å²) in [5.41, 5.74) is 12.2. The van der Waals surface area contributed by atoms with Crippen molar-refractivity contribution in [2.75, 3.05) is 101 Å². The summed E-state index contributed by atoms with van der Waals surface area (Å²) in [7, 11) is 0. The number of ether oxygens (including phenoxy) is 2. The van der Waals surface area contributed by atoms with Gasteiger partial charge in [0, 0.05) is 64.2 Å². The molecule has 2 aromatic heterocycles. The minimum absolute atomic E-state index is 0.265. The Morgan fingerprint density at radius 2 is 1.05 bits per heavy atom. The summed E-state index contributed by atoms with van der Waals surface area (Å²) in [6, 6.07) is 0. The molecule has 0 amide bonds. The van der Waals surface area contributed by atoms with Crippen molar-refractivity contribution in [2.45, 2.75) is 31.1 Å². The number of morpholine rings is 2. The van der Waals surface area contributed by atoms with Crippen molar-refractivity contribution in [2.24, 2.45) is 11.8 Å². The van der Waals surface area contributed by atoms with Crippen molar-refractivity contribution in [3.05, 3.63) is 11.6 Å². The van der Waals surface area contributed by atoms with Crippen LogP contribution in [0.15, 0.2) is 0 Å². The van der Waals surface area contributed by atoms with Gasteiger partial charge in [-0.15, -0.1) is 0 Å². The molecule has 2 bridgehead atoms. The molecule has 2 aliphatic heterocycles. The van der Waals surface area contributed by atoms with E-state index in [0.717, 1.165) is 110 Å². The molecule has 6 N–H and O–H groups in total. The molecule has 6 rings (SSSR count). The summed E-state index contributed by atoms with van der Waals surface area (Å²) in [4.78, 5) is 32.0. The Hall–Kier alpha value is -2.94. The minimum atomic E-state index is 0.265. The minimum Gasteiger partial charge on any atom is -0.379 e. The molecule has 4 heterocycles. The standard InChI is InChI=1S/C25H40N12O2/c26-22-30-20(32-24(34-22)28-1-3-36-5-9-38-10-6-36)18-14-17-13-16(18)15-19(17)21-31-23(27)35-25(33-21)29-2-4-37-7-11-39-12-8-37/h16-19H,1-15H2,(H3,26,28,30,32,34)(H3,27,29,31,33,35). The monoisotopic (exact) mass is 540 g/mol. The summed E-state index contributed by atoms with van der Waals surface area (Å²) in [6.07, 6.45) is 3.07. The van der Waals surface area contributed by atoms with Gasteiger partial charge in [-0.2, -0.15) is 29.9 Å². The second-order valence-electron chi connectivity index (χ2n) is 11.0. The second kappa shape index (κ2) is 12.1. The van der Waals surface area contributed by atoms with Crippen molar-refractivity contribution < 1.29 is 9.47 Å². The molecule has 14 heteroatoms. The zero-order chi connectivity index (χ0) is 26.6. The Balaban J connectivity index is 1.05. The normalized spacial score (nSPS) is 27.6. The summed E-state index contributed by atoms with van der Waals surface area (Å²) in [6.45, 7) is 10.3. The van der Waals surface area contributed by atoms with Crippen LogP contribution >= 0.6 is 0 Å². The topological polar surface area (TPSA) is 178 Å². The third-order valence-electron chi connectivity index (χ3n) is 8.49. The zero-order valence-electron chi connectivity index (χ0n) is 22.5. The molecular weight excluding hydrogens is 500 g/mol. The Morgan fingerprint density at radius 3 is 1.46 bits per heavy atom. The van der Waals surface area contributed by atoms with E-state index in [2.05, 4.69) is 40.4 Å². The first-order valence-corrected chi connectivity index (χ1v) is 14.2. The molecule has 14 nitrogen and oxygen atoms in total. The molecule has 2 aromatic rings. The van der Waals surface area contributed by atoms with E-state index in [1.54, 1.807) is 0 Å². The predicted octanol–water partition coefficient (Wildman–Crippen LogP) is 0.00650. The van der Waals surface area contributed by atoms with Crippen LogP contribution in [0.1, 0.15) is 42.7 Å². The van der Waals surface area contributed by atoms with E-state index in [1.165, 1.54) is 0 Å². The highest BCUT2D eigenvalue weighted by Crippen LogP contribution is 2.58. The van der Waals surface area contributed by atoms with Crippen molar-refractivity contribution in [1.29, 1.82) is 0 Å². The average Bonchev–Trinajstić information content (AvgIpc) is 3.56. The third-order valence-corrected chi connectivity index (χ3v) is 8.49. The molecule has 212 valence electrons. The summed E-state index contributed by atoms with van der Waals surface area (Å²) in [5, 5.41) is 6.69. The third kappa shape index (κ3) is 6.45. The number of hydrogen-bond donors (Lipinski definition) is 4. The van der Waals surface area contributed by atoms with Gasteiger partial charge in [0.05, 0.1) is 26.4 Å². The van der Waals surface area contributed by atoms with E-state index in [-0.39, 0.29) is 23.7 Å². The molecule has 39 heavy (non-hydrogen) atoms. The highest BCUT2D eigenvalue weighted by molar-refractivity contribution is 5.34. The van der Waals surface area contributed by atoms with Crippen molar-refractivity contribution in [3.63, 3.8) is 0 Å². The van der Waals surface area contributed by atoms with Gasteiger partial charge in [0.2, 0.25) is 23.8 Å². The molecule has 0 aromatic carbocycles. The number of nitrogen functional groups attached to an aromatic ring is 2. The largest absolute Gasteiger partial charge is 0.379 e. The van der Waals surface area contributed by atoms with Crippen LogP contribution in [0.3, 0.4) is 0 Å². The fourth-order valence-corrected chi connectivity index (χ4v) is 6.52. The highest BCUT2D eigenvalue weighted by atomic mass is 16.5. The van der Waals surface area contributed by atoms with Gasteiger partial charge in [0.25, 0.3) is 0 Å². The van der Waals surface area contributed by atoms with Gasteiger partial charge in [0.15, 0.2) is 0 Å². The summed E-state index contributed by atoms with van der Waals surface area (Å²) >= 11 is 0. The molecule has 0 spiro atoms. The lowest BCUT2D eigenvalue weighted by Crippen LogP contribution is -2.39. The van der Waals surface area contributed by atoms with Crippen LogP contribution in [0.5, 0.6) is 0 Å². The number of hydrogen-bond acceptors (Lipinski definition) is 14. The van der Waals surface area contributed by atoms with E-state index < -0.39 is 0 Å². The van der Waals surface area contributed by atoms with Crippen molar-refractivity contribution in [3.8, 4) is 0 Å². The fourth-order valence-electron chi connectivity index (χ4n) is 6.52. The first-order valence-electron chi connectivity index (χ1n) is 14.2. The van der Waals surface area contributed by atoms with E-state index in [9.17, 15) is 0 Å². The lowest BCUT2D eigenvalue weighted by molar-refractivity contribution is 0.0398. The SMILES string of the molecule is Nc1nc(NCCN2CCOCC2)nc(C2CC3CC2CC3c2nc(N)nc(NCCN3CCOCC3)n2)n1. The number of aromatic nitrogens is 6. The Bertz CT molecular complexity index is 1020. The number of rotatable bonds is 10. The van der Waals surface area contributed by atoms with Crippen LogP contribution in [-0.4, -0.2) is 118 Å². The van der Waals surface area contributed by atoms with Crippen LogP contribution in [0, 0.1) is 11.8 Å². The smallest absolute Gasteiger partial charge is 0.227 e. The molecule has 2 saturated heterocycles. The molecular formula is C25H40N12O2. The lowest BCUT2D eigenvalue weighted by atomic mass is 9.81.